The van der Waals surface area contributed by atoms with Crippen LogP contribution in [0.15, 0.2) is 66.0 Å². The number of amides is 1. The van der Waals surface area contributed by atoms with Crippen LogP contribution in [0.3, 0.4) is 0 Å². The molecule has 0 saturated carbocycles. The Morgan fingerprint density at radius 2 is 1.72 bits per heavy atom. The molecule has 2 aromatic carbocycles. The summed E-state index contributed by atoms with van der Waals surface area (Å²) in [5, 5.41) is 6.84. The molecule has 0 radical (unpaired) electrons. The number of benzene rings is 2. The highest BCUT2D eigenvalue weighted by molar-refractivity contribution is 7.12. The molecule has 1 heterocycles. The lowest BCUT2D eigenvalue weighted by Crippen LogP contribution is -2.46. The third-order valence-corrected chi connectivity index (χ3v) is 5.13. The minimum atomic E-state index is -4.58. The molecule has 3 aromatic rings. The topological polar surface area (TPSA) is 58.2 Å². The number of rotatable bonds is 6. The molecule has 0 saturated heterocycles. The van der Waals surface area contributed by atoms with E-state index >= 15 is 0 Å². The first-order valence-electron chi connectivity index (χ1n) is 8.32. The van der Waals surface area contributed by atoms with Crippen LogP contribution in [0, 0.1) is 0 Å². The molecule has 3 rings (SSSR count). The van der Waals surface area contributed by atoms with Gasteiger partial charge in [0.05, 0.1) is 21.2 Å². The van der Waals surface area contributed by atoms with Crippen molar-refractivity contribution in [3.05, 3.63) is 87.1 Å². The fourth-order valence-corrected chi connectivity index (χ4v) is 3.31. The second-order valence-corrected chi connectivity index (χ2v) is 7.31. The summed E-state index contributed by atoms with van der Waals surface area (Å²) in [5.74, 6) is -1.06. The summed E-state index contributed by atoms with van der Waals surface area (Å²) in [6.45, 7) is 0. The first-order valence-corrected chi connectivity index (χ1v) is 9.58. The third kappa shape index (κ3) is 5.16. The lowest BCUT2D eigenvalue weighted by Gasteiger charge is -2.21. The molecular formula is C20H14ClF3N2O2S. The van der Waals surface area contributed by atoms with Gasteiger partial charge in [-0.15, -0.1) is 11.3 Å². The van der Waals surface area contributed by atoms with Crippen LogP contribution < -0.4 is 10.6 Å². The molecule has 1 atom stereocenters. The average Bonchev–Trinajstić information content (AvgIpc) is 3.23. The maximum absolute atomic E-state index is 13.1. The van der Waals surface area contributed by atoms with E-state index in [0.717, 1.165) is 18.2 Å². The van der Waals surface area contributed by atoms with E-state index in [4.69, 9.17) is 11.6 Å². The average molecular weight is 439 g/mol. The molecule has 2 N–H and O–H groups in total. The summed E-state index contributed by atoms with van der Waals surface area (Å²) >= 11 is 7.20. The Balaban J connectivity index is 1.93. The molecule has 0 fully saturated rings. The van der Waals surface area contributed by atoms with Crippen LogP contribution in [-0.4, -0.2) is 17.9 Å². The zero-order valence-electron chi connectivity index (χ0n) is 14.7. The Bertz CT molecular complexity index is 1010. The largest absolute Gasteiger partial charge is 0.416 e. The quantitative estimate of drug-likeness (QED) is 0.396. The lowest BCUT2D eigenvalue weighted by atomic mass is 10.1. The van der Waals surface area contributed by atoms with Gasteiger partial charge in [-0.2, -0.15) is 13.2 Å². The number of carbonyl (C=O) groups is 2. The molecule has 150 valence electrons. The molecule has 0 aliphatic carbocycles. The van der Waals surface area contributed by atoms with Gasteiger partial charge in [0.25, 0.3) is 5.91 Å². The van der Waals surface area contributed by atoms with Crippen molar-refractivity contribution in [1.82, 2.24) is 5.32 Å². The van der Waals surface area contributed by atoms with E-state index in [1.807, 2.05) is 0 Å². The van der Waals surface area contributed by atoms with Crippen molar-refractivity contribution in [2.75, 3.05) is 5.32 Å². The van der Waals surface area contributed by atoms with E-state index in [1.165, 1.54) is 11.3 Å². The van der Waals surface area contributed by atoms with Crippen LogP contribution in [0.5, 0.6) is 0 Å². The van der Waals surface area contributed by atoms with Crippen molar-refractivity contribution >= 4 is 40.3 Å². The van der Waals surface area contributed by atoms with Crippen molar-refractivity contribution < 1.29 is 22.8 Å². The van der Waals surface area contributed by atoms with Crippen molar-refractivity contribution in [1.29, 1.82) is 0 Å². The molecule has 0 unspecified atom stereocenters. The molecule has 29 heavy (non-hydrogen) atoms. The minimum absolute atomic E-state index is 0.0192. The summed E-state index contributed by atoms with van der Waals surface area (Å²) in [5.41, 5.74) is -0.776. The zero-order valence-corrected chi connectivity index (χ0v) is 16.2. The Labute approximate surface area is 173 Å². The Hall–Kier alpha value is -2.84. The van der Waals surface area contributed by atoms with Gasteiger partial charge >= 0.3 is 6.18 Å². The van der Waals surface area contributed by atoms with Crippen molar-refractivity contribution in [3.63, 3.8) is 0 Å². The van der Waals surface area contributed by atoms with E-state index in [0.29, 0.717) is 4.88 Å². The highest BCUT2D eigenvalue weighted by Crippen LogP contribution is 2.34. The first kappa shape index (κ1) is 20.9. The first-order chi connectivity index (χ1) is 13.8. The number of hydrogen-bond acceptors (Lipinski definition) is 4. The van der Waals surface area contributed by atoms with Gasteiger partial charge in [0.2, 0.25) is 5.78 Å². The molecule has 0 aliphatic heterocycles. The molecule has 0 spiro atoms. The third-order valence-electron chi connectivity index (χ3n) is 3.93. The summed E-state index contributed by atoms with van der Waals surface area (Å²) in [6.07, 6.45) is -5.91. The summed E-state index contributed by atoms with van der Waals surface area (Å²) in [6, 6.07) is 14.0. The SMILES string of the molecule is O=C(N[C@@H](Nc1cc(C(F)(F)F)ccc1Cl)C(=O)c1ccccc1)c1cccs1. The maximum atomic E-state index is 13.1. The van der Waals surface area contributed by atoms with Gasteiger partial charge in [0.15, 0.2) is 6.17 Å². The van der Waals surface area contributed by atoms with E-state index in [1.54, 1.807) is 47.8 Å². The lowest BCUT2D eigenvalue weighted by molar-refractivity contribution is -0.137. The van der Waals surface area contributed by atoms with Crippen LogP contribution in [-0.2, 0) is 6.18 Å². The minimum Gasteiger partial charge on any atom is -0.358 e. The van der Waals surface area contributed by atoms with Gasteiger partial charge in [0.1, 0.15) is 0 Å². The normalized spacial score (nSPS) is 12.3. The molecule has 0 aliphatic rings. The van der Waals surface area contributed by atoms with Gasteiger partial charge in [-0.1, -0.05) is 48.0 Å². The van der Waals surface area contributed by atoms with E-state index in [2.05, 4.69) is 10.6 Å². The number of thiophene rings is 1. The zero-order chi connectivity index (χ0) is 21.0. The molecular weight excluding hydrogens is 425 g/mol. The highest BCUT2D eigenvalue weighted by Gasteiger charge is 2.32. The monoisotopic (exact) mass is 438 g/mol. The van der Waals surface area contributed by atoms with E-state index < -0.39 is 29.6 Å². The Morgan fingerprint density at radius 3 is 2.34 bits per heavy atom. The molecule has 0 bridgehead atoms. The number of alkyl halides is 3. The van der Waals surface area contributed by atoms with Crippen molar-refractivity contribution in [3.8, 4) is 0 Å². The Morgan fingerprint density at radius 1 is 1.00 bits per heavy atom. The number of nitrogens with one attached hydrogen (secondary N) is 2. The molecule has 9 heteroatoms. The highest BCUT2D eigenvalue weighted by atomic mass is 35.5. The number of ketones is 1. The van der Waals surface area contributed by atoms with Crippen LogP contribution in [0.4, 0.5) is 18.9 Å². The van der Waals surface area contributed by atoms with Gasteiger partial charge in [-0.25, -0.2) is 0 Å². The fraction of sp³-hybridized carbons (Fsp3) is 0.100. The number of halogens is 4. The number of Topliss-reactive ketones (excluding diaryl/α,β-unsaturated/α-hetero) is 1. The van der Waals surface area contributed by atoms with Crippen LogP contribution in [0.1, 0.15) is 25.6 Å². The molecule has 1 aromatic heterocycles. The van der Waals surface area contributed by atoms with Gasteiger partial charge in [0, 0.05) is 5.56 Å². The second-order valence-electron chi connectivity index (χ2n) is 5.95. The summed E-state index contributed by atoms with van der Waals surface area (Å²) in [4.78, 5) is 25.7. The number of hydrogen-bond donors (Lipinski definition) is 2. The molecule has 4 nitrogen and oxygen atoms in total. The van der Waals surface area contributed by atoms with Crippen LogP contribution in [0.25, 0.3) is 0 Å². The smallest absolute Gasteiger partial charge is 0.358 e. The summed E-state index contributed by atoms with van der Waals surface area (Å²) < 4.78 is 39.2. The Kier molecular flexibility index (Phi) is 6.24. The number of carbonyl (C=O) groups excluding carboxylic acids is 2. The fourth-order valence-electron chi connectivity index (χ4n) is 2.51. The second kappa shape index (κ2) is 8.67. The van der Waals surface area contributed by atoms with Crippen molar-refractivity contribution in [2.45, 2.75) is 12.3 Å². The summed E-state index contributed by atoms with van der Waals surface area (Å²) in [7, 11) is 0. The standard InChI is InChI=1S/C20H14ClF3N2O2S/c21-14-9-8-13(20(22,23)24)11-15(14)25-18(17(27)12-5-2-1-3-6-12)26-19(28)16-7-4-10-29-16/h1-11,18,25H,(H,26,28)/t18-/m1/s1. The van der Waals surface area contributed by atoms with E-state index in [9.17, 15) is 22.8 Å². The van der Waals surface area contributed by atoms with Gasteiger partial charge in [-0.05, 0) is 29.6 Å². The maximum Gasteiger partial charge on any atom is 0.416 e. The van der Waals surface area contributed by atoms with Crippen molar-refractivity contribution in [2.24, 2.45) is 0 Å². The van der Waals surface area contributed by atoms with E-state index in [-0.39, 0.29) is 16.3 Å². The number of anilines is 1. The van der Waals surface area contributed by atoms with Gasteiger partial charge in [-0.3, -0.25) is 9.59 Å². The van der Waals surface area contributed by atoms with Crippen LogP contribution >= 0.6 is 22.9 Å². The van der Waals surface area contributed by atoms with Gasteiger partial charge < -0.3 is 10.6 Å². The molecule has 1 amide bonds. The van der Waals surface area contributed by atoms with Crippen LogP contribution in [0.2, 0.25) is 5.02 Å². The predicted octanol–water partition coefficient (Wildman–Crippen LogP) is 5.47. The predicted molar refractivity (Wildman–Crippen MR) is 106 cm³/mol.